The quantitative estimate of drug-likeness (QED) is 0.565. The van der Waals surface area contributed by atoms with Gasteiger partial charge in [0.1, 0.15) is 16.2 Å². The molecule has 8 heteroatoms. The van der Waals surface area contributed by atoms with Crippen LogP contribution >= 0.6 is 11.3 Å². The highest BCUT2D eigenvalue weighted by Gasteiger charge is 2.22. The van der Waals surface area contributed by atoms with Gasteiger partial charge in [-0.15, -0.1) is 11.3 Å². The van der Waals surface area contributed by atoms with E-state index in [1.54, 1.807) is 6.07 Å². The molecule has 2 unspecified atom stereocenters. The predicted molar refractivity (Wildman–Crippen MR) is 111 cm³/mol. The van der Waals surface area contributed by atoms with Crippen LogP contribution in [0.5, 0.6) is 0 Å². The molecule has 0 amide bonds. The Morgan fingerprint density at radius 2 is 2.24 bits per heavy atom. The maximum Gasteiger partial charge on any atom is 0.225 e. The lowest BCUT2D eigenvalue weighted by atomic mass is 10.00. The number of ketones is 1. The van der Waals surface area contributed by atoms with Gasteiger partial charge in [0, 0.05) is 19.6 Å². The van der Waals surface area contributed by atoms with Gasteiger partial charge in [0.05, 0.1) is 11.0 Å². The van der Waals surface area contributed by atoms with Crippen molar-refractivity contribution in [2.45, 2.75) is 39.2 Å². The molecule has 0 spiro atoms. The number of aromatic nitrogens is 3. The molecular weight excluding hydrogens is 391 g/mol. The Hall–Kier alpha value is -2.45. The molecule has 0 bridgehead atoms. The zero-order valence-electron chi connectivity index (χ0n) is 16.4. The van der Waals surface area contributed by atoms with Gasteiger partial charge in [-0.3, -0.25) is 4.79 Å². The van der Waals surface area contributed by atoms with Gasteiger partial charge in [0.25, 0.3) is 0 Å². The Kier molecular flexibility index (Phi) is 5.82. The van der Waals surface area contributed by atoms with Crippen molar-refractivity contribution in [3.05, 3.63) is 46.3 Å². The fraction of sp³-hybridized carbons (Fsp3) is 0.429. The average Bonchev–Trinajstić information content (AvgIpc) is 3.34. The van der Waals surface area contributed by atoms with E-state index in [-0.39, 0.29) is 17.6 Å². The lowest BCUT2D eigenvalue weighted by molar-refractivity contribution is 0.0968. The van der Waals surface area contributed by atoms with Crippen molar-refractivity contribution in [1.29, 1.82) is 0 Å². The SMILES string of the molecule is Cc1nc2nc(NC(C)c3cccc(F)c3)nc(C(=O)CCC3CCOC3)c2s1. The van der Waals surface area contributed by atoms with E-state index in [1.165, 1.54) is 23.5 Å². The van der Waals surface area contributed by atoms with Crippen LogP contribution in [0.15, 0.2) is 24.3 Å². The number of nitrogens with one attached hydrogen (secondary N) is 1. The molecule has 1 N–H and O–H groups in total. The van der Waals surface area contributed by atoms with E-state index in [2.05, 4.69) is 20.3 Å². The van der Waals surface area contributed by atoms with Gasteiger partial charge in [-0.25, -0.2) is 14.4 Å². The van der Waals surface area contributed by atoms with E-state index >= 15 is 0 Å². The summed E-state index contributed by atoms with van der Waals surface area (Å²) in [5, 5.41) is 4.02. The number of hydrogen-bond acceptors (Lipinski definition) is 7. The van der Waals surface area contributed by atoms with Gasteiger partial charge in [0.2, 0.25) is 5.95 Å². The van der Waals surface area contributed by atoms with Gasteiger partial charge >= 0.3 is 0 Å². The first-order chi connectivity index (χ1) is 14.0. The summed E-state index contributed by atoms with van der Waals surface area (Å²) in [4.78, 5) is 26.4. The zero-order chi connectivity index (χ0) is 20.4. The number of aryl methyl sites for hydroxylation is 1. The molecule has 29 heavy (non-hydrogen) atoms. The van der Waals surface area contributed by atoms with E-state index in [0.29, 0.717) is 29.6 Å². The Balaban J connectivity index is 1.58. The van der Waals surface area contributed by atoms with Crippen LogP contribution in [-0.4, -0.2) is 33.9 Å². The van der Waals surface area contributed by atoms with E-state index in [4.69, 9.17) is 4.74 Å². The number of hydrogen-bond donors (Lipinski definition) is 1. The van der Waals surface area contributed by atoms with Crippen molar-refractivity contribution < 1.29 is 13.9 Å². The van der Waals surface area contributed by atoms with Gasteiger partial charge in [0.15, 0.2) is 11.4 Å². The van der Waals surface area contributed by atoms with Crippen molar-refractivity contribution in [2.75, 3.05) is 18.5 Å². The molecule has 1 aliphatic rings. The predicted octanol–water partition coefficient (Wildman–Crippen LogP) is 4.71. The number of Topliss-reactive ketones (excluding diaryl/α,β-unsaturated/α-hetero) is 1. The van der Waals surface area contributed by atoms with Crippen LogP contribution in [0.3, 0.4) is 0 Å². The topological polar surface area (TPSA) is 77.0 Å². The molecule has 2 atom stereocenters. The molecule has 152 valence electrons. The molecule has 6 nitrogen and oxygen atoms in total. The first-order valence-corrected chi connectivity index (χ1v) is 10.6. The van der Waals surface area contributed by atoms with Crippen molar-refractivity contribution in [2.24, 2.45) is 5.92 Å². The van der Waals surface area contributed by atoms with Crippen LogP contribution in [0.4, 0.5) is 10.3 Å². The van der Waals surface area contributed by atoms with Crippen molar-refractivity contribution in [3.8, 4) is 0 Å². The standard InChI is InChI=1S/C21H23FN4O2S/c1-12(15-4-3-5-16(22)10-15)23-21-25-18(19-20(26-21)24-13(2)29-19)17(27)7-6-14-8-9-28-11-14/h3-5,10,12,14H,6-9,11H2,1-2H3,(H,23,25,26). The Morgan fingerprint density at radius 1 is 1.38 bits per heavy atom. The molecule has 2 aromatic heterocycles. The molecular formula is C21H23FN4O2S. The summed E-state index contributed by atoms with van der Waals surface area (Å²) in [5.41, 5.74) is 1.70. The maximum absolute atomic E-state index is 13.5. The van der Waals surface area contributed by atoms with Crippen LogP contribution in [0, 0.1) is 18.7 Å². The van der Waals surface area contributed by atoms with Crippen molar-refractivity contribution >= 4 is 33.4 Å². The lowest BCUT2D eigenvalue weighted by Crippen LogP contribution is -2.13. The number of carbonyl (C=O) groups is 1. The smallest absolute Gasteiger partial charge is 0.225 e. The minimum absolute atomic E-state index is 0.00518. The lowest BCUT2D eigenvalue weighted by Gasteiger charge is -2.15. The number of thiazole rings is 1. The van der Waals surface area contributed by atoms with Crippen molar-refractivity contribution in [1.82, 2.24) is 15.0 Å². The second kappa shape index (κ2) is 8.51. The minimum Gasteiger partial charge on any atom is -0.381 e. The summed E-state index contributed by atoms with van der Waals surface area (Å²) >= 11 is 1.43. The number of rotatable bonds is 7. The second-order valence-corrected chi connectivity index (χ2v) is 8.60. The Bertz CT molecular complexity index is 1030. The second-order valence-electron chi connectivity index (χ2n) is 7.39. The third-order valence-corrected chi connectivity index (χ3v) is 6.09. The molecule has 3 heterocycles. The number of fused-ring (bicyclic) bond motifs is 1. The number of anilines is 1. The van der Waals surface area contributed by atoms with E-state index in [0.717, 1.165) is 41.3 Å². The first-order valence-electron chi connectivity index (χ1n) is 9.77. The zero-order valence-corrected chi connectivity index (χ0v) is 17.3. The van der Waals surface area contributed by atoms with Crippen LogP contribution in [0.2, 0.25) is 0 Å². The summed E-state index contributed by atoms with van der Waals surface area (Å²) in [6, 6.07) is 6.16. The molecule has 1 aromatic carbocycles. The van der Waals surface area contributed by atoms with E-state index in [1.807, 2.05) is 19.9 Å². The van der Waals surface area contributed by atoms with Gasteiger partial charge < -0.3 is 10.1 Å². The maximum atomic E-state index is 13.5. The summed E-state index contributed by atoms with van der Waals surface area (Å²) in [5.74, 6) is 0.459. The molecule has 1 saturated heterocycles. The van der Waals surface area contributed by atoms with Gasteiger partial charge in [-0.1, -0.05) is 12.1 Å². The van der Waals surface area contributed by atoms with Crippen LogP contribution in [0.1, 0.15) is 53.3 Å². The number of nitrogens with zero attached hydrogens (tertiary/aromatic N) is 3. The fourth-order valence-corrected chi connectivity index (χ4v) is 4.37. The largest absolute Gasteiger partial charge is 0.381 e. The Morgan fingerprint density at radius 3 is 3.00 bits per heavy atom. The molecule has 1 fully saturated rings. The average molecular weight is 415 g/mol. The Labute approximate surface area is 172 Å². The molecule has 3 aromatic rings. The highest BCUT2D eigenvalue weighted by atomic mass is 32.1. The van der Waals surface area contributed by atoms with Crippen LogP contribution in [0.25, 0.3) is 10.3 Å². The van der Waals surface area contributed by atoms with Gasteiger partial charge in [-0.2, -0.15) is 4.98 Å². The third kappa shape index (κ3) is 4.59. The normalized spacial score (nSPS) is 17.6. The summed E-state index contributed by atoms with van der Waals surface area (Å²) in [6.07, 6.45) is 2.23. The number of benzene rings is 1. The summed E-state index contributed by atoms with van der Waals surface area (Å²) < 4.78 is 19.7. The summed E-state index contributed by atoms with van der Waals surface area (Å²) in [6.45, 7) is 5.29. The first kappa shape index (κ1) is 19.8. The van der Waals surface area contributed by atoms with Crippen molar-refractivity contribution in [3.63, 3.8) is 0 Å². The number of halogens is 1. The minimum atomic E-state index is -0.297. The van der Waals surface area contributed by atoms with E-state index in [9.17, 15) is 9.18 Å². The highest BCUT2D eigenvalue weighted by molar-refractivity contribution is 7.18. The van der Waals surface area contributed by atoms with E-state index < -0.39 is 0 Å². The monoisotopic (exact) mass is 414 g/mol. The third-order valence-electron chi connectivity index (χ3n) is 5.12. The molecule has 0 saturated carbocycles. The fourth-order valence-electron chi connectivity index (χ4n) is 3.50. The number of ether oxygens (including phenoxy) is 1. The molecule has 4 rings (SSSR count). The highest BCUT2D eigenvalue weighted by Crippen LogP contribution is 2.28. The molecule has 0 aliphatic carbocycles. The molecule has 1 aliphatic heterocycles. The van der Waals surface area contributed by atoms with Crippen LogP contribution < -0.4 is 5.32 Å². The molecule has 0 radical (unpaired) electrons. The van der Waals surface area contributed by atoms with Crippen LogP contribution in [-0.2, 0) is 4.74 Å². The number of carbonyl (C=O) groups excluding carboxylic acids is 1. The summed E-state index contributed by atoms with van der Waals surface area (Å²) in [7, 11) is 0. The van der Waals surface area contributed by atoms with Gasteiger partial charge in [-0.05, 0) is 50.3 Å².